The molecule has 1 amide bonds. The van der Waals surface area contributed by atoms with Crippen LogP contribution in [0, 0.1) is 20.2 Å². The van der Waals surface area contributed by atoms with Crippen molar-refractivity contribution in [3.05, 3.63) is 68.3 Å². The maximum absolute atomic E-state index is 12.1. The molecule has 9 nitrogen and oxygen atoms in total. The highest BCUT2D eigenvalue weighted by atomic mass is 16.6. The van der Waals surface area contributed by atoms with E-state index in [1.807, 2.05) is 0 Å². The molecule has 0 fully saturated rings. The second-order valence-electron chi connectivity index (χ2n) is 4.75. The summed E-state index contributed by atoms with van der Waals surface area (Å²) in [5, 5.41) is 24.2. The smallest absolute Gasteiger partial charge is 0.273 e. The molecule has 0 radical (unpaired) electrons. The van der Waals surface area contributed by atoms with E-state index in [4.69, 9.17) is 4.74 Å². The summed E-state index contributed by atoms with van der Waals surface area (Å²) in [5.41, 5.74) is 0.180. The first kappa shape index (κ1) is 16.9. The van der Waals surface area contributed by atoms with Crippen LogP contribution in [0.5, 0.6) is 5.75 Å². The van der Waals surface area contributed by atoms with Crippen LogP contribution in [-0.4, -0.2) is 22.9 Å². The minimum atomic E-state index is -0.582. The molecule has 0 atom stereocenters. The molecule has 0 spiro atoms. The Kier molecular flexibility index (Phi) is 5.05. The summed E-state index contributed by atoms with van der Waals surface area (Å²) in [5.74, 6) is -0.378. The number of methoxy groups -OCH3 is 1. The van der Waals surface area contributed by atoms with Crippen molar-refractivity contribution >= 4 is 23.0 Å². The SMILES string of the molecule is COc1cc([N+](=O)[O-])ccc1NC(=O)Cc1ccccc1[N+](=O)[O-]. The normalized spacial score (nSPS) is 10.0. The van der Waals surface area contributed by atoms with E-state index in [2.05, 4.69) is 5.32 Å². The Morgan fingerprint density at radius 1 is 1.12 bits per heavy atom. The first-order valence-electron chi connectivity index (χ1n) is 6.77. The van der Waals surface area contributed by atoms with Gasteiger partial charge in [-0.25, -0.2) is 0 Å². The Balaban J connectivity index is 2.19. The van der Waals surface area contributed by atoms with Gasteiger partial charge in [-0.3, -0.25) is 25.0 Å². The molecule has 124 valence electrons. The van der Waals surface area contributed by atoms with Gasteiger partial charge >= 0.3 is 0 Å². The Hall–Kier alpha value is -3.49. The van der Waals surface area contributed by atoms with Crippen LogP contribution in [0.1, 0.15) is 5.56 Å². The van der Waals surface area contributed by atoms with Crippen LogP contribution in [-0.2, 0) is 11.2 Å². The van der Waals surface area contributed by atoms with Gasteiger partial charge in [0.2, 0.25) is 5.91 Å². The van der Waals surface area contributed by atoms with Crippen molar-refractivity contribution in [3.63, 3.8) is 0 Å². The van der Waals surface area contributed by atoms with E-state index in [1.165, 1.54) is 43.5 Å². The molecule has 0 aliphatic carbocycles. The Bertz CT molecular complexity index is 806. The average molecular weight is 331 g/mol. The molecular weight excluding hydrogens is 318 g/mol. The average Bonchev–Trinajstić information content (AvgIpc) is 2.55. The van der Waals surface area contributed by atoms with Gasteiger partial charge < -0.3 is 10.1 Å². The zero-order valence-corrected chi connectivity index (χ0v) is 12.6. The van der Waals surface area contributed by atoms with Crippen molar-refractivity contribution in [2.24, 2.45) is 0 Å². The van der Waals surface area contributed by atoms with Crippen molar-refractivity contribution in [3.8, 4) is 5.75 Å². The highest BCUT2D eigenvalue weighted by molar-refractivity contribution is 5.94. The molecule has 0 aromatic heterocycles. The van der Waals surface area contributed by atoms with Crippen LogP contribution in [0.25, 0.3) is 0 Å². The monoisotopic (exact) mass is 331 g/mol. The number of nitrogens with one attached hydrogen (secondary N) is 1. The van der Waals surface area contributed by atoms with E-state index < -0.39 is 15.8 Å². The number of hydrogen-bond acceptors (Lipinski definition) is 6. The van der Waals surface area contributed by atoms with Crippen molar-refractivity contribution in [1.82, 2.24) is 0 Å². The second kappa shape index (κ2) is 7.18. The number of anilines is 1. The standard InChI is InChI=1S/C15H13N3O6/c1-24-14-9-11(17(20)21)6-7-12(14)16-15(19)8-10-4-2-3-5-13(10)18(22)23/h2-7,9H,8H2,1H3,(H,16,19). The topological polar surface area (TPSA) is 125 Å². The zero-order chi connectivity index (χ0) is 17.7. The summed E-state index contributed by atoms with van der Waals surface area (Å²) < 4.78 is 5.02. The molecule has 0 saturated carbocycles. The summed E-state index contributed by atoms with van der Waals surface area (Å²) >= 11 is 0. The maximum Gasteiger partial charge on any atom is 0.273 e. The number of nitro benzene ring substituents is 2. The molecule has 0 aliphatic heterocycles. The number of para-hydroxylation sites is 1. The molecule has 0 bridgehead atoms. The first-order chi connectivity index (χ1) is 11.4. The third kappa shape index (κ3) is 3.83. The molecule has 0 aliphatic rings. The van der Waals surface area contributed by atoms with Crippen LogP contribution < -0.4 is 10.1 Å². The van der Waals surface area contributed by atoms with Gasteiger partial charge in [0.1, 0.15) is 5.75 Å². The summed E-state index contributed by atoms with van der Waals surface area (Å²) in [6.07, 6.45) is -0.211. The largest absolute Gasteiger partial charge is 0.494 e. The van der Waals surface area contributed by atoms with Crippen molar-refractivity contribution in [2.45, 2.75) is 6.42 Å². The van der Waals surface area contributed by atoms with Gasteiger partial charge in [0.15, 0.2) is 0 Å². The van der Waals surface area contributed by atoms with E-state index in [1.54, 1.807) is 6.07 Å². The molecule has 2 aromatic rings. The minimum absolute atomic E-state index is 0.125. The fourth-order valence-electron chi connectivity index (χ4n) is 2.10. The van der Waals surface area contributed by atoms with E-state index in [0.717, 1.165) is 0 Å². The van der Waals surface area contributed by atoms with Crippen LogP contribution in [0.4, 0.5) is 17.1 Å². The number of carbonyl (C=O) groups excluding carboxylic acids is 1. The molecule has 2 rings (SSSR count). The number of nitrogens with zero attached hydrogens (tertiary/aromatic N) is 2. The van der Waals surface area contributed by atoms with Gasteiger partial charge in [-0.05, 0) is 6.07 Å². The lowest BCUT2D eigenvalue weighted by Gasteiger charge is -2.10. The fourth-order valence-corrected chi connectivity index (χ4v) is 2.10. The predicted molar refractivity (Wildman–Crippen MR) is 85.1 cm³/mol. The van der Waals surface area contributed by atoms with Gasteiger partial charge in [-0.1, -0.05) is 18.2 Å². The number of carbonyl (C=O) groups is 1. The second-order valence-corrected chi connectivity index (χ2v) is 4.75. The van der Waals surface area contributed by atoms with E-state index in [-0.39, 0.29) is 34.8 Å². The highest BCUT2D eigenvalue weighted by Crippen LogP contribution is 2.29. The molecule has 2 aromatic carbocycles. The van der Waals surface area contributed by atoms with Crippen molar-refractivity contribution in [2.75, 3.05) is 12.4 Å². The summed E-state index contributed by atoms with van der Waals surface area (Å²) in [7, 11) is 1.32. The molecule has 0 saturated heterocycles. The van der Waals surface area contributed by atoms with Gasteiger partial charge in [0.25, 0.3) is 11.4 Å². The highest BCUT2D eigenvalue weighted by Gasteiger charge is 2.17. The Morgan fingerprint density at radius 2 is 1.83 bits per heavy atom. The number of rotatable bonds is 6. The zero-order valence-electron chi connectivity index (χ0n) is 12.6. The third-order valence-corrected chi connectivity index (χ3v) is 3.21. The molecule has 0 heterocycles. The molecule has 24 heavy (non-hydrogen) atoms. The number of non-ortho nitro benzene ring substituents is 1. The van der Waals surface area contributed by atoms with Crippen LogP contribution >= 0.6 is 0 Å². The Labute approximate surface area is 136 Å². The van der Waals surface area contributed by atoms with Gasteiger partial charge in [0, 0.05) is 17.7 Å². The quantitative estimate of drug-likeness (QED) is 0.641. The summed E-state index contributed by atoms with van der Waals surface area (Å²) in [4.78, 5) is 32.7. The Morgan fingerprint density at radius 3 is 2.46 bits per heavy atom. The molecular formula is C15H13N3O6. The van der Waals surface area contributed by atoms with E-state index in [9.17, 15) is 25.0 Å². The van der Waals surface area contributed by atoms with Gasteiger partial charge in [-0.15, -0.1) is 0 Å². The van der Waals surface area contributed by atoms with Crippen LogP contribution in [0.2, 0.25) is 0 Å². The van der Waals surface area contributed by atoms with Crippen molar-refractivity contribution in [1.29, 1.82) is 0 Å². The van der Waals surface area contributed by atoms with Crippen LogP contribution in [0.3, 0.4) is 0 Å². The minimum Gasteiger partial charge on any atom is -0.494 e. The first-order valence-corrected chi connectivity index (χ1v) is 6.77. The number of hydrogen-bond donors (Lipinski definition) is 1. The fraction of sp³-hybridized carbons (Fsp3) is 0.133. The predicted octanol–water partition coefficient (Wildman–Crippen LogP) is 2.69. The lowest BCUT2D eigenvalue weighted by atomic mass is 10.1. The number of benzene rings is 2. The maximum atomic E-state index is 12.1. The van der Waals surface area contributed by atoms with Crippen molar-refractivity contribution < 1.29 is 19.4 Å². The molecule has 1 N–H and O–H groups in total. The van der Waals surface area contributed by atoms with Gasteiger partial charge in [-0.2, -0.15) is 0 Å². The summed E-state index contributed by atoms with van der Waals surface area (Å²) in [6.45, 7) is 0. The van der Waals surface area contributed by atoms with Crippen LogP contribution in [0.15, 0.2) is 42.5 Å². The number of ether oxygens (including phenoxy) is 1. The lowest BCUT2D eigenvalue weighted by Crippen LogP contribution is -2.15. The third-order valence-electron chi connectivity index (χ3n) is 3.21. The number of nitro groups is 2. The van der Waals surface area contributed by atoms with E-state index >= 15 is 0 Å². The molecule has 0 unspecified atom stereocenters. The van der Waals surface area contributed by atoms with Gasteiger partial charge in [0.05, 0.1) is 35.1 Å². The molecule has 9 heteroatoms. The lowest BCUT2D eigenvalue weighted by molar-refractivity contribution is -0.385. The number of amides is 1. The van der Waals surface area contributed by atoms with E-state index in [0.29, 0.717) is 0 Å². The summed E-state index contributed by atoms with van der Waals surface area (Å²) in [6, 6.07) is 9.67.